The van der Waals surface area contributed by atoms with Gasteiger partial charge in [0.2, 0.25) is 0 Å². The summed E-state index contributed by atoms with van der Waals surface area (Å²) in [6, 6.07) is 3.73. The Hall–Kier alpha value is -2.19. The van der Waals surface area contributed by atoms with E-state index in [1.54, 1.807) is 13.8 Å². The molecule has 0 unspecified atom stereocenters. The Morgan fingerprint density at radius 2 is 1.56 bits per heavy atom. The van der Waals surface area contributed by atoms with Gasteiger partial charge in [0.1, 0.15) is 17.1 Å². The van der Waals surface area contributed by atoms with E-state index < -0.39 is 33.4 Å². The number of hydrogen-bond acceptors (Lipinski definition) is 6. The first kappa shape index (κ1) is 20.9. The van der Waals surface area contributed by atoms with Crippen molar-refractivity contribution in [1.82, 2.24) is 0 Å². The summed E-state index contributed by atoms with van der Waals surface area (Å²) in [5, 5.41) is 0. The number of rotatable bonds is 6. The van der Waals surface area contributed by atoms with Crippen LogP contribution in [0, 0.1) is 20.8 Å². The standard InChI is InChI=1S/C17H22O7S/c1-11-8-12(2)16(13(3)9-11)23-14(18)6-7-15(19)24-17(4,5)10-25(20,21)22/h6-9H,10H2,1-5H3,(H,20,21,22)/b7-6+. The number of aryl methyl sites for hydroxylation is 3. The van der Waals surface area contributed by atoms with Crippen LogP contribution in [0.1, 0.15) is 30.5 Å². The maximum Gasteiger partial charge on any atom is 0.336 e. The molecule has 0 aromatic heterocycles. The smallest absolute Gasteiger partial charge is 0.336 e. The predicted molar refractivity (Wildman–Crippen MR) is 92.0 cm³/mol. The first-order valence-electron chi connectivity index (χ1n) is 7.45. The summed E-state index contributed by atoms with van der Waals surface area (Å²) in [4.78, 5) is 23.5. The van der Waals surface area contributed by atoms with Gasteiger partial charge in [0, 0.05) is 12.2 Å². The molecule has 0 heterocycles. The molecular formula is C17H22O7S. The molecule has 7 nitrogen and oxygen atoms in total. The Morgan fingerprint density at radius 1 is 1.08 bits per heavy atom. The summed E-state index contributed by atoms with van der Waals surface area (Å²) in [7, 11) is -4.31. The zero-order chi connectivity index (χ0) is 19.4. The van der Waals surface area contributed by atoms with E-state index >= 15 is 0 Å². The highest BCUT2D eigenvalue weighted by Crippen LogP contribution is 2.24. The van der Waals surface area contributed by atoms with Crippen LogP contribution in [-0.4, -0.2) is 36.3 Å². The highest BCUT2D eigenvalue weighted by molar-refractivity contribution is 7.85. The summed E-state index contributed by atoms with van der Waals surface area (Å²) in [5.74, 6) is -2.03. The van der Waals surface area contributed by atoms with Gasteiger partial charge >= 0.3 is 11.9 Å². The second kappa shape index (κ2) is 7.79. The summed E-state index contributed by atoms with van der Waals surface area (Å²) >= 11 is 0. The lowest BCUT2D eigenvalue weighted by Crippen LogP contribution is -2.35. The molecule has 0 aliphatic rings. The predicted octanol–water partition coefficient (Wildman–Crippen LogP) is 2.28. The van der Waals surface area contributed by atoms with Gasteiger partial charge < -0.3 is 9.47 Å². The molecule has 1 N–H and O–H groups in total. The topological polar surface area (TPSA) is 107 Å². The second-order valence-corrected chi connectivity index (χ2v) is 7.84. The molecule has 0 radical (unpaired) electrons. The van der Waals surface area contributed by atoms with E-state index in [2.05, 4.69) is 0 Å². The molecule has 138 valence electrons. The molecule has 0 spiro atoms. The molecule has 25 heavy (non-hydrogen) atoms. The van der Waals surface area contributed by atoms with Crippen LogP contribution >= 0.6 is 0 Å². The van der Waals surface area contributed by atoms with Gasteiger partial charge in [-0.15, -0.1) is 0 Å². The molecule has 8 heteroatoms. The Kier molecular flexibility index (Phi) is 6.50. The molecule has 0 fully saturated rings. The lowest BCUT2D eigenvalue weighted by atomic mass is 10.1. The second-order valence-electron chi connectivity index (χ2n) is 6.39. The third-order valence-electron chi connectivity index (χ3n) is 3.07. The first-order valence-corrected chi connectivity index (χ1v) is 9.06. The van der Waals surface area contributed by atoms with Gasteiger partial charge in [-0.05, 0) is 45.7 Å². The maximum atomic E-state index is 11.8. The molecule has 1 aromatic carbocycles. The lowest BCUT2D eigenvalue weighted by molar-refractivity contribution is -0.148. The Bertz CT molecular complexity index is 781. The van der Waals surface area contributed by atoms with E-state index in [1.165, 1.54) is 13.8 Å². The zero-order valence-corrected chi connectivity index (χ0v) is 15.6. The van der Waals surface area contributed by atoms with Gasteiger partial charge in [0.15, 0.2) is 0 Å². The number of ether oxygens (including phenoxy) is 2. The fraction of sp³-hybridized carbons (Fsp3) is 0.412. The zero-order valence-electron chi connectivity index (χ0n) is 14.8. The van der Waals surface area contributed by atoms with Crippen molar-refractivity contribution in [1.29, 1.82) is 0 Å². The Morgan fingerprint density at radius 3 is 2.04 bits per heavy atom. The van der Waals surface area contributed by atoms with Crippen molar-refractivity contribution in [2.24, 2.45) is 0 Å². The van der Waals surface area contributed by atoms with Crippen LogP contribution in [0.4, 0.5) is 0 Å². The molecule has 0 saturated carbocycles. The van der Waals surface area contributed by atoms with Crippen LogP contribution in [-0.2, 0) is 24.4 Å². The summed E-state index contributed by atoms with van der Waals surface area (Å²) in [6.45, 7) is 8.18. The van der Waals surface area contributed by atoms with Crippen LogP contribution in [0.2, 0.25) is 0 Å². The highest BCUT2D eigenvalue weighted by Gasteiger charge is 2.28. The molecule has 0 aliphatic carbocycles. The van der Waals surface area contributed by atoms with Crippen molar-refractivity contribution in [2.75, 3.05) is 5.75 Å². The Balaban J connectivity index is 2.73. The van der Waals surface area contributed by atoms with Gasteiger partial charge in [0.25, 0.3) is 10.1 Å². The molecule has 0 amide bonds. The lowest BCUT2D eigenvalue weighted by Gasteiger charge is -2.22. The van der Waals surface area contributed by atoms with Crippen LogP contribution in [0.5, 0.6) is 5.75 Å². The van der Waals surface area contributed by atoms with E-state index in [9.17, 15) is 18.0 Å². The molecule has 1 rings (SSSR count). The fourth-order valence-corrected chi connectivity index (χ4v) is 3.31. The third kappa shape index (κ3) is 7.49. The van der Waals surface area contributed by atoms with Crippen LogP contribution in [0.15, 0.2) is 24.3 Å². The average molecular weight is 370 g/mol. The van der Waals surface area contributed by atoms with Crippen molar-refractivity contribution in [2.45, 2.75) is 40.2 Å². The summed E-state index contributed by atoms with van der Waals surface area (Å²) < 4.78 is 40.7. The fourth-order valence-electron chi connectivity index (χ4n) is 2.37. The van der Waals surface area contributed by atoms with Gasteiger partial charge in [-0.2, -0.15) is 8.42 Å². The third-order valence-corrected chi connectivity index (χ3v) is 4.13. The number of hydrogen-bond donors (Lipinski definition) is 1. The average Bonchev–Trinajstić information content (AvgIpc) is 2.37. The number of benzene rings is 1. The molecular weight excluding hydrogens is 348 g/mol. The number of carbonyl (C=O) groups is 2. The minimum atomic E-state index is -4.31. The molecule has 0 bridgehead atoms. The van der Waals surface area contributed by atoms with Gasteiger partial charge in [-0.1, -0.05) is 17.7 Å². The van der Waals surface area contributed by atoms with Crippen molar-refractivity contribution < 1.29 is 32.0 Å². The quantitative estimate of drug-likeness (QED) is 0.354. The van der Waals surface area contributed by atoms with Crippen molar-refractivity contribution >= 4 is 22.1 Å². The first-order chi connectivity index (χ1) is 11.3. The van der Waals surface area contributed by atoms with E-state index in [-0.39, 0.29) is 0 Å². The molecule has 1 aromatic rings. The molecule has 0 aliphatic heterocycles. The maximum absolute atomic E-state index is 11.8. The Labute approximate surface area is 147 Å². The monoisotopic (exact) mass is 370 g/mol. The minimum Gasteiger partial charge on any atom is -0.455 e. The van der Waals surface area contributed by atoms with Crippen LogP contribution < -0.4 is 4.74 Å². The number of carbonyl (C=O) groups excluding carboxylic acids is 2. The van der Waals surface area contributed by atoms with E-state index in [0.717, 1.165) is 28.8 Å². The highest BCUT2D eigenvalue weighted by atomic mass is 32.2. The molecule has 0 atom stereocenters. The van der Waals surface area contributed by atoms with Gasteiger partial charge in [-0.3, -0.25) is 4.55 Å². The van der Waals surface area contributed by atoms with Crippen molar-refractivity contribution in [3.05, 3.63) is 41.0 Å². The largest absolute Gasteiger partial charge is 0.455 e. The van der Waals surface area contributed by atoms with Gasteiger partial charge in [-0.25, -0.2) is 9.59 Å². The number of esters is 2. The van der Waals surface area contributed by atoms with E-state index in [4.69, 9.17) is 14.0 Å². The van der Waals surface area contributed by atoms with Crippen LogP contribution in [0.3, 0.4) is 0 Å². The summed E-state index contributed by atoms with van der Waals surface area (Å²) in [5.41, 5.74) is 1.17. The minimum absolute atomic E-state index is 0.417. The van der Waals surface area contributed by atoms with E-state index in [0.29, 0.717) is 5.75 Å². The van der Waals surface area contributed by atoms with Crippen LogP contribution in [0.25, 0.3) is 0 Å². The molecule has 0 saturated heterocycles. The SMILES string of the molecule is Cc1cc(C)c(OC(=O)/C=C/C(=O)OC(C)(C)CS(=O)(=O)O)c(C)c1. The van der Waals surface area contributed by atoms with E-state index in [1.807, 2.05) is 19.1 Å². The van der Waals surface area contributed by atoms with Crippen molar-refractivity contribution in [3.63, 3.8) is 0 Å². The summed E-state index contributed by atoms with van der Waals surface area (Å²) in [6.07, 6.45) is 1.73. The van der Waals surface area contributed by atoms with Gasteiger partial charge in [0.05, 0.1) is 0 Å². The normalized spacial score (nSPS) is 12.2. The van der Waals surface area contributed by atoms with Crippen molar-refractivity contribution in [3.8, 4) is 5.75 Å².